The van der Waals surface area contributed by atoms with E-state index in [0.717, 1.165) is 16.8 Å². The second-order valence-electron chi connectivity index (χ2n) is 5.39. The monoisotopic (exact) mass is 336 g/mol. The first-order valence-electron chi connectivity index (χ1n) is 6.77. The van der Waals surface area contributed by atoms with E-state index in [1.165, 1.54) is 0 Å². The number of hydrogen-bond acceptors (Lipinski definition) is 2. The summed E-state index contributed by atoms with van der Waals surface area (Å²) in [6.45, 7) is 8.45. The number of benzene rings is 1. The average molecular weight is 337 g/mol. The molecule has 108 valence electrons. The van der Waals surface area contributed by atoms with E-state index >= 15 is 0 Å². The predicted octanol–water partition coefficient (Wildman–Crippen LogP) is 3.97. The summed E-state index contributed by atoms with van der Waals surface area (Å²) >= 11 is 3.46. The van der Waals surface area contributed by atoms with Crippen LogP contribution in [0, 0.1) is 31.1 Å². The molecule has 1 aromatic carbocycles. The lowest BCUT2D eigenvalue weighted by atomic mass is 10.1. The Labute approximate surface area is 129 Å². The minimum Gasteiger partial charge on any atom is -0.310 e. The summed E-state index contributed by atoms with van der Waals surface area (Å²) in [6, 6.07) is 8.16. The van der Waals surface area contributed by atoms with Crippen LogP contribution in [0.4, 0.5) is 5.69 Å². The highest BCUT2D eigenvalue weighted by Gasteiger charge is 2.25. The normalized spacial score (nSPS) is 12.1. The molecule has 0 N–H and O–H groups in total. The lowest BCUT2D eigenvalue weighted by Crippen LogP contribution is -2.39. The van der Waals surface area contributed by atoms with Gasteiger partial charge in [0.2, 0.25) is 5.91 Å². The summed E-state index contributed by atoms with van der Waals surface area (Å²) < 4.78 is 0. The number of halogens is 1. The van der Waals surface area contributed by atoms with Crippen molar-refractivity contribution in [3.63, 3.8) is 0 Å². The molecule has 0 saturated heterocycles. The highest BCUT2D eigenvalue weighted by molar-refractivity contribution is 9.10. The van der Waals surface area contributed by atoms with Crippen LogP contribution >= 0.6 is 15.9 Å². The summed E-state index contributed by atoms with van der Waals surface area (Å²) in [5, 5.41) is 8.80. The van der Waals surface area contributed by atoms with E-state index in [1.54, 1.807) is 4.90 Å². The quantitative estimate of drug-likeness (QED) is 0.763. The van der Waals surface area contributed by atoms with Gasteiger partial charge in [-0.3, -0.25) is 4.79 Å². The fourth-order valence-corrected chi connectivity index (χ4v) is 2.32. The lowest BCUT2D eigenvalue weighted by Gasteiger charge is -2.26. The van der Waals surface area contributed by atoms with Gasteiger partial charge >= 0.3 is 0 Å². The molecule has 1 atom stereocenters. The Kier molecular flexibility index (Phi) is 6.22. The third-order valence-corrected chi connectivity index (χ3v) is 4.50. The van der Waals surface area contributed by atoms with Crippen LogP contribution in [0.5, 0.6) is 0 Å². The predicted molar refractivity (Wildman–Crippen MR) is 86.1 cm³/mol. The molecular weight excluding hydrogens is 316 g/mol. The number of nitrogens with zero attached hydrogens (tertiary/aromatic N) is 2. The molecule has 0 aliphatic carbocycles. The Morgan fingerprint density at radius 1 is 1.30 bits per heavy atom. The molecule has 0 spiro atoms. The van der Waals surface area contributed by atoms with Crippen molar-refractivity contribution < 1.29 is 4.79 Å². The van der Waals surface area contributed by atoms with E-state index in [4.69, 9.17) is 5.26 Å². The van der Waals surface area contributed by atoms with Crippen LogP contribution in [0.2, 0.25) is 0 Å². The van der Waals surface area contributed by atoms with E-state index in [1.807, 2.05) is 39.8 Å². The Morgan fingerprint density at radius 3 is 2.30 bits per heavy atom. The maximum atomic E-state index is 12.6. The van der Waals surface area contributed by atoms with Crippen LogP contribution in [0.25, 0.3) is 0 Å². The number of rotatable bonds is 5. The molecule has 20 heavy (non-hydrogen) atoms. The minimum atomic E-state index is -0.234. The summed E-state index contributed by atoms with van der Waals surface area (Å²) in [5.74, 6) is 0.221. The van der Waals surface area contributed by atoms with Gasteiger partial charge in [-0.15, -0.1) is 0 Å². The van der Waals surface area contributed by atoms with E-state index < -0.39 is 0 Å². The van der Waals surface area contributed by atoms with Gasteiger partial charge in [0.15, 0.2) is 0 Å². The van der Waals surface area contributed by atoms with E-state index in [9.17, 15) is 4.79 Å². The van der Waals surface area contributed by atoms with E-state index in [0.29, 0.717) is 13.0 Å². The van der Waals surface area contributed by atoms with Crippen LogP contribution in [0.1, 0.15) is 31.4 Å². The molecule has 0 saturated carbocycles. The van der Waals surface area contributed by atoms with Crippen LogP contribution in [0.15, 0.2) is 18.2 Å². The van der Waals surface area contributed by atoms with E-state index in [-0.39, 0.29) is 16.7 Å². The van der Waals surface area contributed by atoms with Crippen LogP contribution < -0.4 is 4.90 Å². The van der Waals surface area contributed by atoms with Crippen molar-refractivity contribution in [2.24, 2.45) is 5.92 Å². The molecule has 4 heteroatoms. The van der Waals surface area contributed by atoms with E-state index in [2.05, 4.69) is 28.1 Å². The molecule has 0 bridgehead atoms. The number of alkyl halides is 1. The fourth-order valence-electron chi connectivity index (χ4n) is 2.07. The average Bonchev–Trinajstić information content (AvgIpc) is 2.36. The standard InChI is InChI=1S/C16H21BrN2O/c1-11(2)15(17)16(20)19(7-5-6-18)14-9-12(3)8-13(4)10-14/h8-11,15H,5,7H2,1-4H3. The van der Waals surface area contributed by atoms with Gasteiger partial charge in [0.05, 0.1) is 17.3 Å². The van der Waals surface area contributed by atoms with Crippen LogP contribution in [-0.4, -0.2) is 17.3 Å². The van der Waals surface area contributed by atoms with Crippen LogP contribution in [0.3, 0.4) is 0 Å². The molecule has 0 radical (unpaired) electrons. The highest BCUT2D eigenvalue weighted by atomic mass is 79.9. The molecule has 1 unspecified atom stereocenters. The van der Waals surface area contributed by atoms with Gasteiger partial charge in [0.1, 0.15) is 0 Å². The number of carbonyl (C=O) groups excluding carboxylic acids is 1. The zero-order chi connectivity index (χ0) is 15.3. The molecule has 1 amide bonds. The van der Waals surface area contributed by atoms with Crippen molar-refractivity contribution in [2.75, 3.05) is 11.4 Å². The van der Waals surface area contributed by atoms with Gasteiger partial charge in [-0.05, 0) is 43.0 Å². The van der Waals surface area contributed by atoms with Gasteiger partial charge in [0.25, 0.3) is 0 Å². The Balaban J connectivity index is 3.11. The Morgan fingerprint density at radius 2 is 1.85 bits per heavy atom. The fraction of sp³-hybridized carbons (Fsp3) is 0.500. The second-order valence-corrected chi connectivity index (χ2v) is 6.38. The number of aryl methyl sites for hydroxylation is 2. The molecule has 0 aromatic heterocycles. The highest BCUT2D eigenvalue weighted by Crippen LogP contribution is 2.23. The Bertz CT molecular complexity index is 499. The summed E-state index contributed by atoms with van der Waals surface area (Å²) in [6.07, 6.45) is 0.330. The first-order valence-corrected chi connectivity index (χ1v) is 7.69. The molecular formula is C16H21BrN2O. The minimum absolute atomic E-state index is 0.0141. The van der Waals surface area contributed by atoms with Crippen molar-refractivity contribution in [3.8, 4) is 6.07 Å². The summed E-state index contributed by atoms with van der Waals surface area (Å²) in [5.41, 5.74) is 3.10. The van der Waals surface area contributed by atoms with Gasteiger partial charge in [-0.1, -0.05) is 35.8 Å². The topological polar surface area (TPSA) is 44.1 Å². The molecule has 3 nitrogen and oxygen atoms in total. The number of nitriles is 1. The third-order valence-electron chi connectivity index (χ3n) is 3.05. The summed E-state index contributed by atoms with van der Waals surface area (Å²) in [7, 11) is 0. The maximum absolute atomic E-state index is 12.6. The van der Waals surface area contributed by atoms with Crippen molar-refractivity contribution in [1.82, 2.24) is 0 Å². The zero-order valence-corrected chi connectivity index (χ0v) is 14.1. The zero-order valence-electron chi connectivity index (χ0n) is 12.5. The Hall–Kier alpha value is -1.34. The molecule has 0 fully saturated rings. The van der Waals surface area contributed by atoms with Gasteiger partial charge in [-0.25, -0.2) is 0 Å². The first-order chi connectivity index (χ1) is 9.36. The van der Waals surface area contributed by atoms with Crippen molar-refractivity contribution >= 4 is 27.5 Å². The largest absolute Gasteiger partial charge is 0.310 e. The molecule has 0 heterocycles. The number of amides is 1. The molecule has 0 aliphatic heterocycles. The number of hydrogen-bond donors (Lipinski definition) is 0. The van der Waals surface area contributed by atoms with Gasteiger partial charge < -0.3 is 4.90 Å². The molecule has 1 rings (SSSR count). The smallest absolute Gasteiger partial charge is 0.241 e. The SMILES string of the molecule is Cc1cc(C)cc(N(CCC#N)C(=O)C(Br)C(C)C)c1. The third kappa shape index (κ3) is 4.35. The van der Waals surface area contributed by atoms with Gasteiger partial charge in [0, 0.05) is 12.2 Å². The summed E-state index contributed by atoms with van der Waals surface area (Å²) in [4.78, 5) is 14.1. The lowest BCUT2D eigenvalue weighted by molar-refractivity contribution is -0.118. The van der Waals surface area contributed by atoms with Crippen LogP contribution in [-0.2, 0) is 4.79 Å². The first kappa shape index (κ1) is 16.7. The van der Waals surface area contributed by atoms with Crippen molar-refractivity contribution in [2.45, 2.75) is 38.9 Å². The number of carbonyl (C=O) groups is 1. The second kappa shape index (κ2) is 7.44. The molecule has 1 aromatic rings. The van der Waals surface area contributed by atoms with Crippen molar-refractivity contribution in [3.05, 3.63) is 29.3 Å². The number of anilines is 1. The molecule has 0 aliphatic rings. The maximum Gasteiger partial charge on any atom is 0.241 e. The van der Waals surface area contributed by atoms with Crippen molar-refractivity contribution in [1.29, 1.82) is 5.26 Å². The van der Waals surface area contributed by atoms with Gasteiger partial charge in [-0.2, -0.15) is 5.26 Å².